The zero-order valence-corrected chi connectivity index (χ0v) is 12.7. The predicted octanol–water partition coefficient (Wildman–Crippen LogP) is 4.28. The number of para-hydroxylation sites is 1. The molecule has 1 heterocycles. The Morgan fingerprint density at radius 3 is 2.84 bits per heavy atom. The lowest BCUT2D eigenvalue weighted by molar-refractivity contribution is -0.147. The molecule has 1 aromatic carbocycles. The van der Waals surface area contributed by atoms with E-state index in [0.29, 0.717) is 6.42 Å². The van der Waals surface area contributed by atoms with Crippen LogP contribution in [0.3, 0.4) is 0 Å². The van der Waals surface area contributed by atoms with E-state index >= 15 is 0 Å². The van der Waals surface area contributed by atoms with Crippen LogP contribution < -0.4 is 0 Å². The number of thiazole rings is 1. The number of hydrogen-bond donors (Lipinski definition) is 1. The molecule has 0 amide bonds. The van der Waals surface area contributed by atoms with Gasteiger partial charge in [0.25, 0.3) is 0 Å². The number of nitrogens with zero attached hydrogens (tertiary/aromatic N) is 1. The van der Waals surface area contributed by atoms with Crippen LogP contribution in [0, 0.1) is 5.41 Å². The predicted molar refractivity (Wildman–Crippen MR) is 81.0 cm³/mol. The number of fused-ring (bicyclic) bond motifs is 1. The Kier molecular flexibility index (Phi) is 4.47. The topological polar surface area (TPSA) is 50.2 Å². The van der Waals surface area contributed by atoms with E-state index in [1.165, 1.54) is 4.70 Å². The molecular weight excluding hydrogens is 278 g/mol. The molecule has 0 saturated carbocycles. The van der Waals surface area contributed by atoms with Gasteiger partial charge in [-0.25, -0.2) is 4.98 Å². The number of aliphatic carboxylic acids is 1. The summed E-state index contributed by atoms with van der Waals surface area (Å²) < 4.78 is 2.27. The van der Waals surface area contributed by atoms with Crippen molar-refractivity contribution in [2.24, 2.45) is 5.41 Å². The standard InChI is InChI=1S/C14H17NO2S2/c1-14(2,12(16)17)8-5-9-18-13-15-10-6-3-4-7-11(10)19-13/h3-4,6-7H,5,8-9H2,1-2H3,(H,16,17). The molecule has 0 aliphatic heterocycles. The summed E-state index contributed by atoms with van der Waals surface area (Å²) in [7, 11) is 0. The molecule has 0 saturated heterocycles. The second-order valence-corrected chi connectivity index (χ2v) is 7.46. The normalized spacial score (nSPS) is 11.9. The van der Waals surface area contributed by atoms with E-state index < -0.39 is 11.4 Å². The number of benzene rings is 1. The number of carboxylic acid groups (broad SMARTS) is 1. The van der Waals surface area contributed by atoms with Gasteiger partial charge in [0.1, 0.15) is 0 Å². The van der Waals surface area contributed by atoms with Gasteiger partial charge in [-0.2, -0.15) is 0 Å². The summed E-state index contributed by atoms with van der Waals surface area (Å²) in [6.07, 6.45) is 1.58. The van der Waals surface area contributed by atoms with Crippen LogP contribution in [0.2, 0.25) is 0 Å². The number of thioether (sulfide) groups is 1. The lowest BCUT2D eigenvalue weighted by atomic mass is 9.88. The third-order valence-corrected chi connectivity index (χ3v) is 5.29. The van der Waals surface area contributed by atoms with Gasteiger partial charge in [0.15, 0.2) is 4.34 Å². The van der Waals surface area contributed by atoms with E-state index in [4.69, 9.17) is 5.11 Å². The largest absolute Gasteiger partial charge is 0.481 e. The summed E-state index contributed by atoms with van der Waals surface area (Å²) in [6.45, 7) is 3.55. The van der Waals surface area contributed by atoms with Crippen LogP contribution in [-0.4, -0.2) is 21.8 Å². The van der Waals surface area contributed by atoms with Crippen molar-refractivity contribution in [2.75, 3.05) is 5.75 Å². The highest BCUT2D eigenvalue weighted by Crippen LogP contribution is 2.31. The van der Waals surface area contributed by atoms with E-state index in [9.17, 15) is 4.79 Å². The first kappa shape index (κ1) is 14.3. The van der Waals surface area contributed by atoms with Crippen molar-refractivity contribution >= 4 is 39.3 Å². The fourth-order valence-corrected chi connectivity index (χ4v) is 3.77. The molecule has 3 nitrogen and oxygen atoms in total. The number of carbonyl (C=O) groups is 1. The van der Waals surface area contributed by atoms with Gasteiger partial charge in [-0.1, -0.05) is 23.9 Å². The zero-order valence-electron chi connectivity index (χ0n) is 11.0. The van der Waals surface area contributed by atoms with Gasteiger partial charge >= 0.3 is 5.97 Å². The van der Waals surface area contributed by atoms with Crippen molar-refractivity contribution < 1.29 is 9.90 Å². The number of aromatic nitrogens is 1. The van der Waals surface area contributed by atoms with Gasteiger partial charge in [0.05, 0.1) is 15.6 Å². The molecule has 1 N–H and O–H groups in total. The van der Waals surface area contributed by atoms with Crippen LogP contribution in [0.25, 0.3) is 10.2 Å². The number of rotatable bonds is 6. The van der Waals surface area contributed by atoms with Crippen LogP contribution in [0.5, 0.6) is 0 Å². The van der Waals surface area contributed by atoms with E-state index in [1.807, 2.05) is 18.2 Å². The summed E-state index contributed by atoms with van der Waals surface area (Å²) >= 11 is 3.41. The molecule has 0 radical (unpaired) electrons. The van der Waals surface area contributed by atoms with E-state index in [1.54, 1.807) is 36.9 Å². The molecule has 0 unspecified atom stereocenters. The van der Waals surface area contributed by atoms with Crippen molar-refractivity contribution in [2.45, 2.75) is 31.0 Å². The average molecular weight is 295 g/mol. The molecule has 0 spiro atoms. The highest BCUT2D eigenvalue weighted by atomic mass is 32.2. The molecule has 0 bridgehead atoms. The van der Waals surface area contributed by atoms with Crippen LogP contribution in [0.1, 0.15) is 26.7 Å². The monoisotopic (exact) mass is 295 g/mol. The van der Waals surface area contributed by atoms with E-state index in [-0.39, 0.29) is 0 Å². The molecule has 102 valence electrons. The molecule has 5 heteroatoms. The molecule has 0 fully saturated rings. The molecule has 0 atom stereocenters. The molecule has 1 aromatic heterocycles. The minimum Gasteiger partial charge on any atom is -0.481 e. The van der Waals surface area contributed by atoms with E-state index in [2.05, 4.69) is 11.1 Å². The fourth-order valence-electron chi connectivity index (χ4n) is 1.69. The van der Waals surface area contributed by atoms with Gasteiger partial charge in [0.2, 0.25) is 0 Å². The van der Waals surface area contributed by atoms with Crippen LogP contribution >= 0.6 is 23.1 Å². The Labute approximate surface area is 121 Å². The summed E-state index contributed by atoms with van der Waals surface area (Å²) in [6, 6.07) is 8.10. The quantitative estimate of drug-likeness (QED) is 0.638. The van der Waals surface area contributed by atoms with Crippen molar-refractivity contribution in [1.82, 2.24) is 4.98 Å². The van der Waals surface area contributed by atoms with Crippen LogP contribution in [0.4, 0.5) is 0 Å². The minimum absolute atomic E-state index is 0.631. The first-order valence-electron chi connectivity index (χ1n) is 6.21. The molecule has 2 rings (SSSR count). The summed E-state index contributed by atoms with van der Waals surface area (Å²) in [5.41, 5.74) is 0.412. The first-order chi connectivity index (χ1) is 8.99. The maximum atomic E-state index is 11.0. The maximum absolute atomic E-state index is 11.0. The second-order valence-electron chi connectivity index (χ2n) is 5.09. The lowest BCUT2D eigenvalue weighted by Gasteiger charge is -2.18. The highest BCUT2D eigenvalue weighted by Gasteiger charge is 2.26. The van der Waals surface area contributed by atoms with Gasteiger partial charge in [-0.3, -0.25) is 4.79 Å². The zero-order chi connectivity index (χ0) is 13.9. The van der Waals surface area contributed by atoms with Crippen LogP contribution in [0.15, 0.2) is 28.6 Å². The maximum Gasteiger partial charge on any atom is 0.309 e. The smallest absolute Gasteiger partial charge is 0.309 e. The van der Waals surface area contributed by atoms with Gasteiger partial charge in [-0.15, -0.1) is 11.3 Å². The van der Waals surface area contributed by atoms with E-state index in [0.717, 1.165) is 22.0 Å². The number of carboxylic acids is 1. The molecular formula is C14H17NO2S2. The molecule has 2 aromatic rings. The average Bonchev–Trinajstić information content (AvgIpc) is 2.77. The summed E-state index contributed by atoms with van der Waals surface area (Å²) in [5, 5.41) is 9.04. The van der Waals surface area contributed by atoms with Crippen LogP contribution in [-0.2, 0) is 4.79 Å². The molecule has 19 heavy (non-hydrogen) atoms. The Balaban J connectivity index is 1.84. The third kappa shape index (κ3) is 3.70. The SMILES string of the molecule is CC(C)(CCCSc1nc2ccccc2s1)C(=O)O. The summed E-state index contributed by atoms with van der Waals surface area (Å²) in [4.78, 5) is 15.5. The Hall–Kier alpha value is -1.07. The lowest BCUT2D eigenvalue weighted by Crippen LogP contribution is -2.23. The third-order valence-electron chi connectivity index (χ3n) is 3.02. The van der Waals surface area contributed by atoms with Gasteiger partial charge < -0.3 is 5.11 Å². The first-order valence-corrected chi connectivity index (χ1v) is 8.01. The highest BCUT2D eigenvalue weighted by molar-refractivity contribution is 8.01. The van der Waals surface area contributed by atoms with Gasteiger partial charge in [-0.05, 0) is 38.8 Å². The minimum atomic E-state index is -0.725. The Morgan fingerprint density at radius 2 is 2.16 bits per heavy atom. The Bertz CT molecular complexity index is 545. The second kappa shape index (κ2) is 5.92. The molecule has 0 aliphatic carbocycles. The van der Waals surface area contributed by atoms with Crippen molar-refractivity contribution in [3.63, 3.8) is 0 Å². The molecule has 0 aliphatic rings. The summed E-state index contributed by atoms with van der Waals surface area (Å²) in [5.74, 6) is 0.189. The fraction of sp³-hybridized carbons (Fsp3) is 0.429. The van der Waals surface area contributed by atoms with Crippen molar-refractivity contribution in [3.05, 3.63) is 24.3 Å². The Morgan fingerprint density at radius 1 is 1.42 bits per heavy atom. The van der Waals surface area contributed by atoms with Crippen molar-refractivity contribution in [3.8, 4) is 0 Å². The van der Waals surface area contributed by atoms with Crippen molar-refractivity contribution in [1.29, 1.82) is 0 Å². The number of hydrogen-bond acceptors (Lipinski definition) is 4. The van der Waals surface area contributed by atoms with Gasteiger partial charge in [0, 0.05) is 5.75 Å².